The number of nitrogens with one attached hydrogen (secondary N) is 1. The molecular weight excluding hydrogens is 268 g/mol. The summed E-state index contributed by atoms with van der Waals surface area (Å²) in [7, 11) is 2.21. The number of thioether (sulfide) groups is 1. The fourth-order valence-corrected chi connectivity index (χ4v) is 4.13. The molecule has 0 radical (unpaired) electrons. The average molecular weight is 299 g/mol. The van der Waals surface area contributed by atoms with Gasteiger partial charge in [-0.2, -0.15) is 11.8 Å². The molecule has 0 spiro atoms. The summed E-state index contributed by atoms with van der Waals surface area (Å²) >= 11 is 2.07. The van der Waals surface area contributed by atoms with Crippen LogP contribution in [0.4, 0.5) is 0 Å². The van der Waals surface area contributed by atoms with Gasteiger partial charge in [-0.15, -0.1) is 0 Å². The number of nitrogens with zero attached hydrogens (tertiary/aromatic N) is 3. The van der Waals surface area contributed by atoms with Crippen LogP contribution in [0.15, 0.2) is 4.99 Å². The highest BCUT2D eigenvalue weighted by Gasteiger charge is 2.29. The van der Waals surface area contributed by atoms with E-state index in [0.29, 0.717) is 4.75 Å². The SMILES string of the molecule is CCNC(=NCC1CCN(C)C1)N1CCSC(C)(C)C1. The molecule has 20 heavy (non-hydrogen) atoms. The van der Waals surface area contributed by atoms with E-state index in [9.17, 15) is 0 Å². The molecule has 2 aliphatic heterocycles. The molecule has 2 fully saturated rings. The largest absolute Gasteiger partial charge is 0.357 e. The first kappa shape index (κ1) is 16.0. The van der Waals surface area contributed by atoms with E-state index in [1.807, 2.05) is 0 Å². The second-order valence-corrected chi connectivity index (χ2v) is 8.44. The Labute approximate surface area is 128 Å². The maximum atomic E-state index is 4.91. The third-order valence-electron chi connectivity index (χ3n) is 4.05. The van der Waals surface area contributed by atoms with Gasteiger partial charge in [0.05, 0.1) is 0 Å². The second kappa shape index (κ2) is 7.03. The van der Waals surface area contributed by atoms with Gasteiger partial charge in [0.15, 0.2) is 5.96 Å². The summed E-state index contributed by atoms with van der Waals surface area (Å²) in [6.45, 7) is 13.4. The number of likely N-dealkylation sites (tertiary alicyclic amines) is 1. The molecule has 0 aliphatic carbocycles. The van der Waals surface area contributed by atoms with Crippen LogP contribution in [0.1, 0.15) is 27.2 Å². The Hall–Kier alpha value is -0.420. The van der Waals surface area contributed by atoms with Crippen LogP contribution in [0.5, 0.6) is 0 Å². The van der Waals surface area contributed by atoms with E-state index in [1.165, 1.54) is 25.3 Å². The number of hydrogen-bond acceptors (Lipinski definition) is 3. The van der Waals surface area contributed by atoms with Crippen molar-refractivity contribution in [3.05, 3.63) is 0 Å². The van der Waals surface area contributed by atoms with Crippen molar-refractivity contribution in [2.45, 2.75) is 31.9 Å². The van der Waals surface area contributed by atoms with E-state index in [0.717, 1.165) is 38.1 Å². The number of rotatable bonds is 3. The first-order chi connectivity index (χ1) is 9.50. The Morgan fingerprint density at radius 3 is 2.80 bits per heavy atom. The smallest absolute Gasteiger partial charge is 0.193 e. The zero-order chi connectivity index (χ0) is 14.6. The van der Waals surface area contributed by atoms with Crippen molar-refractivity contribution in [1.82, 2.24) is 15.1 Å². The average Bonchev–Trinajstić information content (AvgIpc) is 2.79. The lowest BCUT2D eigenvalue weighted by Gasteiger charge is -2.39. The van der Waals surface area contributed by atoms with Crippen LogP contribution in [0.3, 0.4) is 0 Å². The third kappa shape index (κ3) is 4.55. The van der Waals surface area contributed by atoms with Crippen molar-refractivity contribution >= 4 is 17.7 Å². The molecule has 2 saturated heterocycles. The van der Waals surface area contributed by atoms with Crippen molar-refractivity contribution in [3.8, 4) is 0 Å². The molecule has 2 rings (SSSR count). The van der Waals surface area contributed by atoms with E-state index in [2.05, 4.69) is 54.7 Å². The normalized spacial score (nSPS) is 27.9. The first-order valence-electron chi connectivity index (χ1n) is 7.86. The topological polar surface area (TPSA) is 30.9 Å². The monoisotopic (exact) mass is 298 g/mol. The van der Waals surface area contributed by atoms with Gasteiger partial charge in [0.25, 0.3) is 0 Å². The van der Waals surface area contributed by atoms with Gasteiger partial charge in [-0.1, -0.05) is 0 Å². The molecule has 1 unspecified atom stereocenters. The highest BCUT2D eigenvalue weighted by molar-refractivity contribution is 8.00. The highest BCUT2D eigenvalue weighted by Crippen LogP contribution is 2.29. The number of guanidine groups is 1. The molecule has 1 atom stereocenters. The summed E-state index contributed by atoms with van der Waals surface area (Å²) in [5.74, 6) is 3.06. The Morgan fingerprint density at radius 2 is 2.20 bits per heavy atom. The van der Waals surface area contributed by atoms with Gasteiger partial charge >= 0.3 is 0 Å². The number of hydrogen-bond donors (Lipinski definition) is 1. The zero-order valence-electron chi connectivity index (χ0n) is 13.5. The second-order valence-electron chi connectivity index (χ2n) is 6.64. The first-order valence-corrected chi connectivity index (χ1v) is 8.84. The van der Waals surface area contributed by atoms with E-state index >= 15 is 0 Å². The molecule has 5 heteroatoms. The van der Waals surface area contributed by atoms with Gasteiger partial charge in [-0.25, -0.2) is 0 Å². The molecule has 0 bridgehead atoms. The summed E-state index contributed by atoms with van der Waals surface area (Å²) < 4.78 is 0.335. The molecule has 0 aromatic rings. The third-order valence-corrected chi connectivity index (χ3v) is 5.35. The molecule has 116 valence electrons. The standard InChI is InChI=1S/C15H30N4S/c1-5-16-14(17-10-13-6-7-18(4)11-13)19-8-9-20-15(2,3)12-19/h13H,5-12H2,1-4H3,(H,16,17). The van der Waals surface area contributed by atoms with Gasteiger partial charge in [0.2, 0.25) is 0 Å². The summed E-state index contributed by atoms with van der Waals surface area (Å²) in [6, 6.07) is 0. The van der Waals surface area contributed by atoms with Crippen LogP contribution in [0, 0.1) is 5.92 Å². The predicted molar refractivity (Wildman–Crippen MR) is 89.7 cm³/mol. The molecule has 0 aromatic heterocycles. The van der Waals surface area contributed by atoms with Gasteiger partial charge in [-0.05, 0) is 46.7 Å². The predicted octanol–water partition coefficient (Wildman–Crippen LogP) is 1.73. The van der Waals surface area contributed by atoms with Gasteiger partial charge in [0, 0.05) is 43.2 Å². The quantitative estimate of drug-likeness (QED) is 0.635. The molecule has 0 saturated carbocycles. The maximum Gasteiger partial charge on any atom is 0.193 e. The Bertz CT molecular complexity index is 343. The van der Waals surface area contributed by atoms with Gasteiger partial charge in [-0.3, -0.25) is 4.99 Å². The van der Waals surface area contributed by atoms with Crippen LogP contribution < -0.4 is 5.32 Å². The molecule has 2 aliphatic rings. The number of aliphatic imine (C=N–C) groups is 1. The molecule has 4 nitrogen and oxygen atoms in total. The van der Waals surface area contributed by atoms with Crippen molar-refractivity contribution in [1.29, 1.82) is 0 Å². The van der Waals surface area contributed by atoms with Crippen molar-refractivity contribution < 1.29 is 0 Å². The van der Waals surface area contributed by atoms with E-state index in [4.69, 9.17) is 4.99 Å². The lowest BCUT2D eigenvalue weighted by Crippen LogP contribution is -2.51. The minimum Gasteiger partial charge on any atom is -0.357 e. The summed E-state index contributed by atoms with van der Waals surface area (Å²) in [6.07, 6.45) is 1.29. The van der Waals surface area contributed by atoms with Crippen molar-refractivity contribution in [2.24, 2.45) is 10.9 Å². The van der Waals surface area contributed by atoms with Crippen LogP contribution in [0.2, 0.25) is 0 Å². The Balaban J connectivity index is 1.94. The van der Waals surface area contributed by atoms with Crippen LogP contribution >= 0.6 is 11.8 Å². The fraction of sp³-hybridized carbons (Fsp3) is 0.933. The highest BCUT2D eigenvalue weighted by atomic mass is 32.2. The summed E-state index contributed by atoms with van der Waals surface area (Å²) in [5.41, 5.74) is 0. The lowest BCUT2D eigenvalue weighted by atomic mass is 10.1. The van der Waals surface area contributed by atoms with Crippen LogP contribution in [0.25, 0.3) is 0 Å². The van der Waals surface area contributed by atoms with E-state index in [-0.39, 0.29) is 0 Å². The van der Waals surface area contributed by atoms with Crippen LogP contribution in [-0.4, -0.2) is 72.6 Å². The van der Waals surface area contributed by atoms with Gasteiger partial charge < -0.3 is 15.1 Å². The van der Waals surface area contributed by atoms with Gasteiger partial charge in [0.1, 0.15) is 0 Å². The molecular formula is C15H30N4S. The lowest BCUT2D eigenvalue weighted by molar-refractivity contribution is 0.372. The molecule has 0 aromatic carbocycles. The minimum atomic E-state index is 0.335. The molecule has 2 heterocycles. The van der Waals surface area contributed by atoms with Crippen molar-refractivity contribution in [3.63, 3.8) is 0 Å². The minimum absolute atomic E-state index is 0.335. The summed E-state index contributed by atoms with van der Waals surface area (Å²) in [4.78, 5) is 9.77. The fourth-order valence-electron chi connectivity index (χ4n) is 3.01. The van der Waals surface area contributed by atoms with E-state index in [1.54, 1.807) is 0 Å². The van der Waals surface area contributed by atoms with Crippen molar-refractivity contribution in [2.75, 3.05) is 52.1 Å². The molecule has 0 amide bonds. The van der Waals surface area contributed by atoms with Crippen LogP contribution in [-0.2, 0) is 0 Å². The zero-order valence-corrected chi connectivity index (χ0v) is 14.3. The maximum absolute atomic E-state index is 4.91. The Kier molecular flexibility index (Phi) is 5.61. The van der Waals surface area contributed by atoms with E-state index < -0.39 is 0 Å². The summed E-state index contributed by atoms with van der Waals surface area (Å²) in [5, 5.41) is 3.48. The molecule has 1 N–H and O–H groups in total. The Morgan fingerprint density at radius 1 is 1.40 bits per heavy atom.